The summed E-state index contributed by atoms with van der Waals surface area (Å²) >= 11 is 0. The summed E-state index contributed by atoms with van der Waals surface area (Å²) in [5.74, 6) is 0. The smallest absolute Gasteiger partial charge is 0.0546 e. The molecule has 0 aliphatic heterocycles. The lowest BCUT2D eigenvalue weighted by Gasteiger charge is -2.31. The van der Waals surface area contributed by atoms with Crippen molar-refractivity contribution in [2.45, 2.75) is 0 Å². The zero-order valence-corrected chi connectivity index (χ0v) is 36.9. The molecule has 0 N–H and O–H groups in total. The number of benzene rings is 12. The Labute approximate surface area is 392 Å². The van der Waals surface area contributed by atoms with Crippen LogP contribution in [0.15, 0.2) is 273 Å². The van der Waals surface area contributed by atoms with Gasteiger partial charge < -0.3 is 4.90 Å². The average Bonchev–Trinajstić information content (AvgIpc) is 3.41. The van der Waals surface area contributed by atoms with E-state index in [-0.39, 0.29) is 0 Å². The first-order valence-corrected chi connectivity index (χ1v) is 23.1. The summed E-state index contributed by atoms with van der Waals surface area (Å²) in [6, 6.07) is 99.8. The van der Waals surface area contributed by atoms with Crippen LogP contribution in [0.2, 0.25) is 0 Å². The van der Waals surface area contributed by atoms with Gasteiger partial charge in [0.2, 0.25) is 0 Å². The van der Waals surface area contributed by atoms with Crippen LogP contribution in [0.1, 0.15) is 0 Å². The zero-order valence-electron chi connectivity index (χ0n) is 36.9. The summed E-state index contributed by atoms with van der Waals surface area (Å²) in [7, 11) is 0. The molecule has 314 valence electrons. The molecule has 0 fully saturated rings. The highest BCUT2D eigenvalue weighted by molar-refractivity contribution is 6.16. The normalized spacial score (nSPS) is 11.3. The predicted octanol–water partition coefficient (Wildman–Crippen LogP) is 18.6. The molecule has 0 amide bonds. The van der Waals surface area contributed by atoms with E-state index in [1.807, 2.05) is 0 Å². The van der Waals surface area contributed by atoms with Crippen molar-refractivity contribution in [1.82, 2.24) is 0 Å². The van der Waals surface area contributed by atoms with Crippen molar-refractivity contribution in [3.05, 3.63) is 273 Å². The molecule has 0 aliphatic carbocycles. The summed E-state index contributed by atoms with van der Waals surface area (Å²) in [5, 5.41) is 7.44. The maximum absolute atomic E-state index is 2.47. The van der Waals surface area contributed by atoms with Crippen LogP contribution in [0.5, 0.6) is 0 Å². The number of nitrogens with zero attached hydrogens (tertiary/aromatic N) is 1. The fraction of sp³-hybridized carbons (Fsp3) is 0. The van der Waals surface area contributed by atoms with Crippen LogP contribution in [0.3, 0.4) is 0 Å². The van der Waals surface area contributed by atoms with E-state index >= 15 is 0 Å². The van der Waals surface area contributed by atoms with Crippen LogP contribution in [0.25, 0.3) is 99.1 Å². The van der Waals surface area contributed by atoms with E-state index in [9.17, 15) is 0 Å². The third-order valence-corrected chi connectivity index (χ3v) is 13.2. The second-order valence-corrected chi connectivity index (χ2v) is 17.2. The van der Waals surface area contributed by atoms with Gasteiger partial charge in [0, 0.05) is 16.9 Å². The first-order chi connectivity index (χ1) is 33.2. The largest absolute Gasteiger partial charge is 0.310 e. The van der Waals surface area contributed by atoms with E-state index in [1.165, 1.54) is 76.8 Å². The van der Waals surface area contributed by atoms with Crippen molar-refractivity contribution in [3.8, 4) is 66.8 Å². The molecule has 0 heterocycles. The number of rotatable bonds is 9. The van der Waals surface area contributed by atoms with Gasteiger partial charge in [-0.25, -0.2) is 0 Å². The molecular formula is C66H45N. The summed E-state index contributed by atoms with van der Waals surface area (Å²) in [6.45, 7) is 0. The highest BCUT2D eigenvalue weighted by Crippen LogP contribution is 2.49. The lowest BCUT2D eigenvalue weighted by atomic mass is 9.86. The monoisotopic (exact) mass is 851 g/mol. The van der Waals surface area contributed by atoms with E-state index in [1.54, 1.807) is 0 Å². The van der Waals surface area contributed by atoms with Gasteiger partial charge in [0.25, 0.3) is 0 Å². The first-order valence-electron chi connectivity index (χ1n) is 23.1. The first kappa shape index (κ1) is 39.8. The molecular weight excluding hydrogens is 807 g/mol. The Morgan fingerprint density at radius 1 is 0.209 bits per heavy atom. The third kappa shape index (κ3) is 7.53. The van der Waals surface area contributed by atoms with Gasteiger partial charge in [-0.2, -0.15) is 0 Å². The third-order valence-electron chi connectivity index (χ3n) is 13.2. The molecule has 0 atom stereocenters. The lowest BCUT2D eigenvalue weighted by molar-refractivity contribution is 1.28. The van der Waals surface area contributed by atoms with Gasteiger partial charge >= 0.3 is 0 Å². The minimum absolute atomic E-state index is 1.07. The molecule has 1 heteroatoms. The maximum atomic E-state index is 2.47. The number of hydrogen-bond acceptors (Lipinski definition) is 1. The molecule has 0 radical (unpaired) electrons. The molecule has 67 heavy (non-hydrogen) atoms. The van der Waals surface area contributed by atoms with Gasteiger partial charge in [-0.15, -0.1) is 0 Å². The van der Waals surface area contributed by atoms with Crippen LogP contribution in [0, 0.1) is 0 Å². The topological polar surface area (TPSA) is 3.24 Å². The molecule has 1 nitrogen and oxygen atoms in total. The number of hydrogen-bond donors (Lipinski definition) is 0. The van der Waals surface area contributed by atoms with E-state index < -0.39 is 0 Å². The van der Waals surface area contributed by atoms with Crippen molar-refractivity contribution in [2.24, 2.45) is 0 Å². The summed E-state index contributed by atoms with van der Waals surface area (Å²) in [5.41, 5.74) is 17.3. The maximum Gasteiger partial charge on any atom is 0.0546 e. The number of anilines is 3. The second kappa shape index (κ2) is 17.3. The van der Waals surface area contributed by atoms with Crippen LogP contribution in [-0.4, -0.2) is 0 Å². The van der Waals surface area contributed by atoms with Gasteiger partial charge in [0.1, 0.15) is 0 Å². The van der Waals surface area contributed by atoms with Crippen molar-refractivity contribution in [3.63, 3.8) is 0 Å². The average molecular weight is 852 g/mol. The van der Waals surface area contributed by atoms with Gasteiger partial charge in [0.15, 0.2) is 0 Å². The Kier molecular flexibility index (Phi) is 10.3. The van der Waals surface area contributed by atoms with Crippen molar-refractivity contribution in [1.29, 1.82) is 0 Å². The minimum atomic E-state index is 1.07. The van der Waals surface area contributed by atoms with Crippen molar-refractivity contribution < 1.29 is 0 Å². The Morgan fingerprint density at radius 3 is 1.37 bits per heavy atom. The SMILES string of the molecule is c1ccc(-c2ccc(N(c3ccc(-c4ccc5ccccc5c4)cc3)c3cc(-c4ccccc4)c(-c4cccc5ccc6ccccc6c45)cc3-c3ccccc3)cc2-c2ccccc2)cc1. The van der Waals surface area contributed by atoms with Gasteiger partial charge in [0.05, 0.1) is 5.69 Å². The van der Waals surface area contributed by atoms with E-state index in [0.29, 0.717) is 0 Å². The molecule has 0 saturated carbocycles. The standard InChI is InChI=1S/C66H45N/c1-5-19-48(20-6-1)58-41-40-57(43-61(58)49-21-7-2-8-22-49)67(56-38-36-47(37-39-56)55-35-32-46-18-13-14-28-54(46)42-55)65-45-62(50-23-9-3-10-24-50)64(44-63(65)51-25-11-4-12-26-51)60-31-17-29-53-34-33-52-27-15-16-30-59(52)66(53)60/h1-45H. The lowest BCUT2D eigenvalue weighted by Crippen LogP contribution is -2.12. The molecule has 12 rings (SSSR count). The highest BCUT2D eigenvalue weighted by Gasteiger charge is 2.24. The Balaban J connectivity index is 1.15. The van der Waals surface area contributed by atoms with Crippen LogP contribution >= 0.6 is 0 Å². The molecule has 12 aromatic carbocycles. The van der Waals surface area contributed by atoms with Gasteiger partial charge in [-0.3, -0.25) is 0 Å². The summed E-state index contributed by atoms with van der Waals surface area (Å²) in [6.07, 6.45) is 0. The minimum Gasteiger partial charge on any atom is -0.310 e. The molecule has 0 unspecified atom stereocenters. The molecule has 0 aliphatic rings. The highest BCUT2D eigenvalue weighted by atomic mass is 15.1. The van der Waals surface area contributed by atoms with Crippen molar-refractivity contribution >= 4 is 49.4 Å². The Bertz CT molecular complexity index is 3710. The zero-order chi connectivity index (χ0) is 44.5. The second-order valence-electron chi connectivity index (χ2n) is 17.2. The molecule has 0 bridgehead atoms. The van der Waals surface area contributed by atoms with Crippen LogP contribution < -0.4 is 4.90 Å². The van der Waals surface area contributed by atoms with E-state index in [2.05, 4.69) is 278 Å². The fourth-order valence-electron chi connectivity index (χ4n) is 9.98. The summed E-state index contributed by atoms with van der Waals surface area (Å²) in [4.78, 5) is 2.47. The predicted molar refractivity (Wildman–Crippen MR) is 286 cm³/mol. The quantitative estimate of drug-likeness (QED) is 0.131. The van der Waals surface area contributed by atoms with E-state index in [0.717, 1.165) is 39.3 Å². The fourth-order valence-corrected chi connectivity index (χ4v) is 9.98. The van der Waals surface area contributed by atoms with Crippen molar-refractivity contribution in [2.75, 3.05) is 4.90 Å². The number of fused-ring (bicyclic) bond motifs is 4. The Morgan fingerprint density at radius 2 is 0.701 bits per heavy atom. The van der Waals surface area contributed by atoms with Crippen LogP contribution in [-0.2, 0) is 0 Å². The van der Waals surface area contributed by atoms with Gasteiger partial charge in [-0.1, -0.05) is 231 Å². The molecule has 0 aromatic heterocycles. The van der Waals surface area contributed by atoms with Crippen LogP contribution in [0.4, 0.5) is 17.1 Å². The molecule has 0 saturated heterocycles. The summed E-state index contributed by atoms with van der Waals surface area (Å²) < 4.78 is 0. The molecule has 12 aromatic rings. The molecule has 0 spiro atoms. The van der Waals surface area contributed by atoms with E-state index in [4.69, 9.17) is 0 Å². The Hall–Kier alpha value is -8.78. The van der Waals surface area contributed by atoms with Gasteiger partial charge in [-0.05, 0) is 136 Å².